The maximum absolute atomic E-state index is 12.6. The number of benzene rings is 2. The van der Waals surface area contributed by atoms with Crippen LogP contribution in [0.25, 0.3) is 0 Å². The number of carbonyl (C=O) groups is 1. The number of nitrogens with one attached hydrogen (secondary N) is 1. The summed E-state index contributed by atoms with van der Waals surface area (Å²) in [6.45, 7) is 0.774. The number of amides is 1. The minimum atomic E-state index is -4.41. The van der Waals surface area contributed by atoms with Crippen LogP contribution in [0.4, 0.5) is 30.4 Å². The first-order valence-electron chi connectivity index (χ1n) is 8.72. The van der Waals surface area contributed by atoms with Crippen molar-refractivity contribution in [1.29, 1.82) is 0 Å². The number of fused-ring (bicyclic) bond motifs is 1. The second-order valence-electron chi connectivity index (χ2n) is 6.46. The molecule has 0 spiro atoms. The van der Waals surface area contributed by atoms with Crippen molar-refractivity contribution >= 4 is 23.1 Å². The number of aromatic nitrogens is 1. The molecule has 28 heavy (non-hydrogen) atoms. The molecule has 0 bridgehead atoms. The number of carbonyl (C=O) groups excluding carboxylic acids is 1. The lowest BCUT2D eigenvalue weighted by molar-refractivity contribution is -0.137. The summed E-state index contributed by atoms with van der Waals surface area (Å²) in [5, 5.41) is 2.62. The van der Waals surface area contributed by atoms with Crippen molar-refractivity contribution in [3.05, 3.63) is 83.6 Å². The van der Waals surface area contributed by atoms with Gasteiger partial charge in [-0.2, -0.15) is 13.2 Å². The third-order valence-corrected chi connectivity index (χ3v) is 4.64. The largest absolute Gasteiger partial charge is 0.416 e. The van der Waals surface area contributed by atoms with Gasteiger partial charge < -0.3 is 10.2 Å². The highest BCUT2D eigenvalue weighted by atomic mass is 19.4. The van der Waals surface area contributed by atoms with E-state index in [4.69, 9.17) is 0 Å². The predicted octanol–water partition coefficient (Wildman–Crippen LogP) is 5.05. The van der Waals surface area contributed by atoms with Gasteiger partial charge in [-0.25, -0.2) is 4.98 Å². The molecule has 7 heteroatoms. The Morgan fingerprint density at radius 3 is 2.54 bits per heavy atom. The van der Waals surface area contributed by atoms with Crippen LogP contribution in [0.1, 0.15) is 21.5 Å². The number of para-hydroxylation sites is 1. The van der Waals surface area contributed by atoms with Crippen LogP contribution in [0.15, 0.2) is 66.9 Å². The van der Waals surface area contributed by atoms with E-state index in [2.05, 4.69) is 16.4 Å². The van der Waals surface area contributed by atoms with Crippen LogP contribution in [0.2, 0.25) is 0 Å². The first-order chi connectivity index (χ1) is 13.4. The second kappa shape index (κ2) is 6.99. The minimum absolute atomic E-state index is 0.294. The Bertz CT molecular complexity index is 1020. The van der Waals surface area contributed by atoms with Gasteiger partial charge in [0.15, 0.2) is 0 Å². The molecule has 0 saturated carbocycles. The first kappa shape index (κ1) is 18.0. The van der Waals surface area contributed by atoms with E-state index in [-0.39, 0.29) is 0 Å². The molecule has 0 fully saturated rings. The Kier molecular flexibility index (Phi) is 4.50. The number of nitrogens with zero attached hydrogens (tertiary/aromatic N) is 2. The average Bonchev–Trinajstić information content (AvgIpc) is 3.12. The zero-order valence-corrected chi connectivity index (χ0v) is 14.7. The topological polar surface area (TPSA) is 45.2 Å². The van der Waals surface area contributed by atoms with E-state index in [0.717, 1.165) is 30.8 Å². The quantitative estimate of drug-likeness (QED) is 0.689. The van der Waals surface area contributed by atoms with E-state index in [9.17, 15) is 18.0 Å². The lowest BCUT2D eigenvalue weighted by atomic mass is 10.2. The summed E-state index contributed by atoms with van der Waals surface area (Å²) in [6.07, 6.45) is -1.95. The van der Waals surface area contributed by atoms with E-state index in [0.29, 0.717) is 17.1 Å². The summed E-state index contributed by atoms with van der Waals surface area (Å²) < 4.78 is 37.9. The van der Waals surface area contributed by atoms with Crippen molar-refractivity contribution in [3.63, 3.8) is 0 Å². The molecule has 0 saturated heterocycles. The zero-order valence-electron chi connectivity index (χ0n) is 14.7. The van der Waals surface area contributed by atoms with Crippen LogP contribution < -0.4 is 10.2 Å². The van der Waals surface area contributed by atoms with Gasteiger partial charge in [0.25, 0.3) is 5.91 Å². The Morgan fingerprint density at radius 1 is 1.04 bits per heavy atom. The Balaban J connectivity index is 1.53. The molecule has 1 aromatic heterocycles. The average molecular weight is 383 g/mol. The fourth-order valence-electron chi connectivity index (χ4n) is 3.23. The fourth-order valence-corrected chi connectivity index (χ4v) is 3.23. The van der Waals surface area contributed by atoms with Gasteiger partial charge in [0.1, 0.15) is 5.82 Å². The molecule has 2 aromatic carbocycles. The molecule has 2 heterocycles. The highest BCUT2D eigenvalue weighted by molar-refractivity contribution is 6.04. The van der Waals surface area contributed by atoms with Gasteiger partial charge in [-0.15, -0.1) is 0 Å². The molecule has 1 amide bonds. The molecule has 1 aliphatic rings. The zero-order chi connectivity index (χ0) is 19.7. The molecule has 0 radical (unpaired) electrons. The number of pyridine rings is 1. The molecule has 142 valence electrons. The molecule has 1 aliphatic heterocycles. The maximum atomic E-state index is 12.6. The summed E-state index contributed by atoms with van der Waals surface area (Å²) in [5.74, 6) is 0.251. The van der Waals surface area contributed by atoms with Gasteiger partial charge in [-0.1, -0.05) is 18.2 Å². The number of hydrogen-bond acceptors (Lipinski definition) is 3. The van der Waals surface area contributed by atoms with E-state index >= 15 is 0 Å². The van der Waals surface area contributed by atoms with E-state index < -0.39 is 17.6 Å². The van der Waals surface area contributed by atoms with Gasteiger partial charge in [0.05, 0.1) is 5.56 Å². The van der Waals surface area contributed by atoms with Crippen molar-refractivity contribution in [2.75, 3.05) is 16.8 Å². The third-order valence-electron chi connectivity index (χ3n) is 4.64. The molecule has 4 rings (SSSR count). The van der Waals surface area contributed by atoms with E-state index in [1.165, 1.54) is 17.7 Å². The van der Waals surface area contributed by atoms with Crippen molar-refractivity contribution in [3.8, 4) is 0 Å². The Morgan fingerprint density at radius 2 is 1.79 bits per heavy atom. The van der Waals surface area contributed by atoms with Crippen LogP contribution >= 0.6 is 0 Å². The molecule has 0 aliphatic carbocycles. The first-order valence-corrected chi connectivity index (χ1v) is 8.72. The number of rotatable bonds is 3. The van der Waals surface area contributed by atoms with Gasteiger partial charge in [0.2, 0.25) is 0 Å². The van der Waals surface area contributed by atoms with E-state index in [1.807, 2.05) is 23.1 Å². The lowest BCUT2D eigenvalue weighted by Crippen LogP contribution is -2.17. The molecule has 3 aromatic rings. The van der Waals surface area contributed by atoms with Crippen LogP contribution in [0.5, 0.6) is 0 Å². The van der Waals surface area contributed by atoms with Crippen LogP contribution in [-0.2, 0) is 12.6 Å². The number of anilines is 3. The standard InChI is InChI=1S/C21H16F3N3O/c22-21(23,24)16-5-7-17(8-6-16)26-20(28)15-9-11-25-19(13-15)27-12-10-14-3-1-2-4-18(14)27/h1-9,11,13H,10,12H2,(H,26,28). The normalized spacial score (nSPS) is 13.3. The third kappa shape index (κ3) is 3.55. The second-order valence-corrected chi connectivity index (χ2v) is 6.46. The van der Waals surface area contributed by atoms with Gasteiger partial charge >= 0.3 is 6.18 Å². The van der Waals surface area contributed by atoms with Crippen LogP contribution in [0, 0.1) is 0 Å². The van der Waals surface area contributed by atoms with Crippen molar-refractivity contribution < 1.29 is 18.0 Å². The Hall–Kier alpha value is -3.35. The molecule has 0 unspecified atom stereocenters. The molecule has 0 atom stereocenters. The minimum Gasteiger partial charge on any atom is -0.326 e. The lowest BCUT2D eigenvalue weighted by Gasteiger charge is -2.18. The summed E-state index contributed by atoms with van der Waals surface area (Å²) in [6, 6.07) is 15.6. The molecular weight excluding hydrogens is 367 g/mol. The van der Waals surface area contributed by atoms with Gasteiger partial charge in [-0.3, -0.25) is 4.79 Å². The van der Waals surface area contributed by atoms with Crippen LogP contribution in [-0.4, -0.2) is 17.4 Å². The van der Waals surface area contributed by atoms with Crippen molar-refractivity contribution in [2.45, 2.75) is 12.6 Å². The SMILES string of the molecule is O=C(Nc1ccc(C(F)(F)F)cc1)c1ccnc(N2CCc3ccccc32)c1. The molecule has 4 nitrogen and oxygen atoms in total. The molecular formula is C21H16F3N3O. The smallest absolute Gasteiger partial charge is 0.326 e. The van der Waals surface area contributed by atoms with Crippen LogP contribution in [0.3, 0.4) is 0 Å². The maximum Gasteiger partial charge on any atom is 0.416 e. The summed E-state index contributed by atoms with van der Waals surface area (Å²) in [4.78, 5) is 18.9. The monoisotopic (exact) mass is 383 g/mol. The fraction of sp³-hybridized carbons (Fsp3) is 0.143. The van der Waals surface area contributed by atoms with Crippen molar-refractivity contribution in [1.82, 2.24) is 4.98 Å². The van der Waals surface area contributed by atoms with E-state index in [1.54, 1.807) is 18.3 Å². The van der Waals surface area contributed by atoms with Crippen molar-refractivity contribution in [2.24, 2.45) is 0 Å². The van der Waals surface area contributed by atoms with Gasteiger partial charge in [-0.05, 0) is 54.4 Å². The molecule has 1 N–H and O–H groups in total. The van der Waals surface area contributed by atoms with Gasteiger partial charge in [0, 0.05) is 29.7 Å². The Labute approximate surface area is 159 Å². The predicted molar refractivity (Wildman–Crippen MR) is 101 cm³/mol. The number of hydrogen-bond donors (Lipinski definition) is 1. The summed E-state index contributed by atoms with van der Waals surface area (Å²) >= 11 is 0. The summed E-state index contributed by atoms with van der Waals surface area (Å²) in [7, 11) is 0. The highest BCUT2D eigenvalue weighted by Gasteiger charge is 2.30. The number of halogens is 3. The summed E-state index contributed by atoms with van der Waals surface area (Å²) in [5.41, 5.74) is 2.21. The highest BCUT2D eigenvalue weighted by Crippen LogP contribution is 2.33. The number of alkyl halides is 3.